The van der Waals surface area contributed by atoms with Crippen LogP contribution in [0.1, 0.15) is 36.8 Å². The number of halogens is 1. The number of rotatable bonds is 4. The van der Waals surface area contributed by atoms with Gasteiger partial charge in [-0.05, 0) is 12.1 Å². The molecule has 0 saturated carbocycles. The van der Waals surface area contributed by atoms with Gasteiger partial charge < -0.3 is 5.32 Å². The topological polar surface area (TPSA) is 59.1 Å². The Labute approximate surface area is 121 Å². The van der Waals surface area contributed by atoms with E-state index in [4.69, 9.17) is 11.6 Å². The fraction of sp³-hybridized carbons (Fsp3) is 0.538. The number of hydrogen-bond acceptors (Lipinski definition) is 3. The zero-order valence-electron chi connectivity index (χ0n) is 11.6. The highest BCUT2D eigenvalue weighted by Gasteiger charge is 2.18. The Kier molecular flexibility index (Phi) is 5.50. The zero-order chi connectivity index (χ0) is 14.6. The standard InChI is InChI=1S/C13H19ClN2O2S/c1-13(2,3)10-7-9(8-11(14)16-10)12(17)15-5-6-19(4)18/h7-8H,5-6H2,1-4H3,(H,15,17). The van der Waals surface area contributed by atoms with Crippen molar-refractivity contribution in [2.24, 2.45) is 0 Å². The molecule has 0 aliphatic carbocycles. The van der Waals surface area contributed by atoms with Crippen LogP contribution in [-0.2, 0) is 16.2 Å². The molecule has 1 amide bonds. The number of amides is 1. The van der Waals surface area contributed by atoms with E-state index in [-0.39, 0.29) is 11.3 Å². The van der Waals surface area contributed by atoms with Crippen molar-refractivity contribution in [3.63, 3.8) is 0 Å². The third kappa shape index (κ3) is 5.28. The molecule has 0 aliphatic rings. The zero-order valence-corrected chi connectivity index (χ0v) is 13.2. The molecule has 0 fully saturated rings. The van der Waals surface area contributed by atoms with Crippen molar-refractivity contribution in [2.75, 3.05) is 18.6 Å². The predicted molar refractivity (Wildman–Crippen MR) is 79.2 cm³/mol. The van der Waals surface area contributed by atoms with Gasteiger partial charge in [-0.15, -0.1) is 0 Å². The third-order valence-electron chi connectivity index (χ3n) is 2.50. The van der Waals surface area contributed by atoms with Gasteiger partial charge in [0.2, 0.25) is 0 Å². The second-order valence-corrected chi connectivity index (χ2v) is 7.29. The Hall–Kier alpha value is -0.940. The summed E-state index contributed by atoms with van der Waals surface area (Å²) in [5, 5.41) is 3.02. The van der Waals surface area contributed by atoms with E-state index in [1.165, 1.54) is 6.07 Å². The number of aromatic nitrogens is 1. The summed E-state index contributed by atoms with van der Waals surface area (Å²) in [7, 11) is -0.914. The van der Waals surface area contributed by atoms with Gasteiger partial charge in [-0.2, -0.15) is 0 Å². The Bertz CT molecular complexity index is 498. The normalized spacial score (nSPS) is 13.1. The Morgan fingerprint density at radius 1 is 1.42 bits per heavy atom. The van der Waals surface area contributed by atoms with Gasteiger partial charge in [0.25, 0.3) is 5.91 Å². The van der Waals surface area contributed by atoms with E-state index in [0.29, 0.717) is 23.0 Å². The fourth-order valence-corrected chi connectivity index (χ4v) is 2.02. The Balaban J connectivity index is 2.86. The molecule has 6 heteroatoms. The number of pyridine rings is 1. The van der Waals surface area contributed by atoms with Crippen LogP contribution in [0.25, 0.3) is 0 Å². The van der Waals surface area contributed by atoms with E-state index in [0.717, 1.165) is 5.69 Å². The summed E-state index contributed by atoms with van der Waals surface area (Å²) in [6, 6.07) is 3.28. The first kappa shape index (κ1) is 16.1. The molecule has 0 aliphatic heterocycles. The molecule has 0 saturated heterocycles. The maximum Gasteiger partial charge on any atom is 0.251 e. The molecule has 1 atom stereocenters. The molecule has 1 N–H and O–H groups in total. The smallest absolute Gasteiger partial charge is 0.251 e. The van der Waals surface area contributed by atoms with E-state index < -0.39 is 10.8 Å². The van der Waals surface area contributed by atoms with Gasteiger partial charge in [0.15, 0.2) is 0 Å². The number of carbonyl (C=O) groups excluding carboxylic acids is 1. The van der Waals surface area contributed by atoms with Crippen molar-refractivity contribution in [1.82, 2.24) is 10.3 Å². The molecule has 1 heterocycles. The highest BCUT2D eigenvalue weighted by atomic mass is 35.5. The van der Waals surface area contributed by atoms with Crippen LogP contribution >= 0.6 is 11.6 Å². The minimum atomic E-state index is -0.914. The molecule has 1 unspecified atom stereocenters. The first-order valence-electron chi connectivity index (χ1n) is 5.96. The van der Waals surface area contributed by atoms with Crippen LogP contribution in [0.4, 0.5) is 0 Å². The van der Waals surface area contributed by atoms with Crippen LogP contribution in [0.5, 0.6) is 0 Å². The summed E-state index contributed by atoms with van der Waals surface area (Å²) >= 11 is 5.94. The van der Waals surface area contributed by atoms with Crippen molar-refractivity contribution >= 4 is 28.3 Å². The number of nitrogens with one attached hydrogen (secondary N) is 1. The SMILES string of the molecule is CS(=O)CCNC(=O)c1cc(Cl)nc(C(C)(C)C)c1. The van der Waals surface area contributed by atoms with Crippen molar-refractivity contribution in [2.45, 2.75) is 26.2 Å². The van der Waals surface area contributed by atoms with Crippen LogP contribution < -0.4 is 5.32 Å². The van der Waals surface area contributed by atoms with E-state index >= 15 is 0 Å². The molecule has 1 aromatic rings. The molecular weight excluding hydrogens is 284 g/mol. The van der Waals surface area contributed by atoms with Crippen molar-refractivity contribution in [1.29, 1.82) is 0 Å². The predicted octanol–water partition coefficient (Wildman–Crippen LogP) is 2.14. The second kappa shape index (κ2) is 6.48. The molecule has 1 rings (SSSR count). The highest BCUT2D eigenvalue weighted by molar-refractivity contribution is 7.84. The average Bonchev–Trinajstić information content (AvgIpc) is 2.26. The van der Waals surface area contributed by atoms with Gasteiger partial charge in [-0.3, -0.25) is 9.00 Å². The average molecular weight is 303 g/mol. The van der Waals surface area contributed by atoms with Crippen LogP contribution in [0.2, 0.25) is 5.15 Å². The third-order valence-corrected chi connectivity index (χ3v) is 3.47. The number of nitrogens with zero attached hydrogens (tertiary/aromatic N) is 1. The molecule has 0 aromatic carbocycles. The summed E-state index contributed by atoms with van der Waals surface area (Å²) in [6.07, 6.45) is 1.60. The van der Waals surface area contributed by atoms with E-state index in [9.17, 15) is 9.00 Å². The number of hydrogen-bond donors (Lipinski definition) is 1. The molecule has 19 heavy (non-hydrogen) atoms. The quantitative estimate of drug-likeness (QED) is 0.867. The molecule has 0 bridgehead atoms. The maximum atomic E-state index is 12.0. The Morgan fingerprint density at radius 3 is 2.58 bits per heavy atom. The second-order valence-electron chi connectivity index (χ2n) is 5.35. The van der Waals surface area contributed by atoms with Crippen molar-refractivity contribution in [3.8, 4) is 0 Å². The molecule has 0 spiro atoms. The first-order chi connectivity index (χ1) is 8.70. The molecule has 0 radical (unpaired) electrons. The summed E-state index contributed by atoms with van der Waals surface area (Å²) < 4.78 is 10.9. The summed E-state index contributed by atoms with van der Waals surface area (Å²) in [5.74, 6) is 0.219. The van der Waals surface area contributed by atoms with Gasteiger partial charge in [0.05, 0.1) is 0 Å². The monoisotopic (exact) mass is 302 g/mol. The lowest BCUT2D eigenvalue weighted by Crippen LogP contribution is -2.28. The number of carbonyl (C=O) groups is 1. The van der Waals surface area contributed by atoms with Crippen LogP contribution in [0.3, 0.4) is 0 Å². The molecule has 106 valence electrons. The van der Waals surface area contributed by atoms with Gasteiger partial charge in [-0.25, -0.2) is 4.98 Å². The maximum absolute atomic E-state index is 12.0. The molecule has 1 aromatic heterocycles. The Morgan fingerprint density at radius 2 is 2.05 bits per heavy atom. The van der Waals surface area contributed by atoms with Crippen molar-refractivity contribution in [3.05, 3.63) is 28.5 Å². The van der Waals surface area contributed by atoms with E-state index in [2.05, 4.69) is 10.3 Å². The van der Waals surface area contributed by atoms with Crippen LogP contribution in [0, 0.1) is 0 Å². The summed E-state index contributed by atoms with van der Waals surface area (Å²) in [6.45, 7) is 6.40. The lowest BCUT2D eigenvalue weighted by molar-refractivity contribution is 0.0956. The summed E-state index contributed by atoms with van der Waals surface area (Å²) in [4.78, 5) is 16.2. The molecular formula is C13H19ClN2O2S. The minimum absolute atomic E-state index is 0.176. The van der Waals surface area contributed by atoms with Gasteiger partial charge in [-0.1, -0.05) is 32.4 Å². The van der Waals surface area contributed by atoms with Crippen LogP contribution in [-0.4, -0.2) is 33.7 Å². The van der Waals surface area contributed by atoms with E-state index in [1.54, 1.807) is 12.3 Å². The van der Waals surface area contributed by atoms with Gasteiger partial charge >= 0.3 is 0 Å². The highest BCUT2D eigenvalue weighted by Crippen LogP contribution is 2.23. The lowest BCUT2D eigenvalue weighted by atomic mass is 9.91. The van der Waals surface area contributed by atoms with E-state index in [1.807, 2.05) is 20.8 Å². The van der Waals surface area contributed by atoms with Crippen LogP contribution in [0.15, 0.2) is 12.1 Å². The molecule has 4 nitrogen and oxygen atoms in total. The summed E-state index contributed by atoms with van der Waals surface area (Å²) in [5.41, 5.74) is 1.07. The van der Waals surface area contributed by atoms with Crippen molar-refractivity contribution < 1.29 is 9.00 Å². The largest absolute Gasteiger partial charge is 0.351 e. The first-order valence-corrected chi connectivity index (χ1v) is 8.07. The fourth-order valence-electron chi connectivity index (χ4n) is 1.42. The minimum Gasteiger partial charge on any atom is -0.351 e. The van der Waals surface area contributed by atoms with Gasteiger partial charge in [0.1, 0.15) is 5.15 Å². The van der Waals surface area contributed by atoms with Gasteiger partial charge in [0, 0.05) is 46.0 Å². The lowest BCUT2D eigenvalue weighted by Gasteiger charge is -2.18.